The van der Waals surface area contributed by atoms with Gasteiger partial charge in [0, 0.05) is 35.8 Å². The van der Waals surface area contributed by atoms with Crippen LogP contribution in [0.4, 0.5) is 11.6 Å². The largest absolute Gasteiger partial charge is 0.404 e. The second-order valence-corrected chi connectivity index (χ2v) is 8.27. The molecule has 0 spiro atoms. The van der Waals surface area contributed by atoms with E-state index in [1.54, 1.807) is 11.9 Å². The van der Waals surface area contributed by atoms with Gasteiger partial charge in [-0.3, -0.25) is 4.72 Å². The van der Waals surface area contributed by atoms with Gasteiger partial charge >= 0.3 is 0 Å². The molecular formula is C22H27N7OS. The third-order valence-corrected chi connectivity index (χ3v) is 6.12. The van der Waals surface area contributed by atoms with E-state index >= 15 is 0 Å². The monoisotopic (exact) mass is 437 g/mol. The zero-order valence-electron chi connectivity index (χ0n) is 17.3. The number of ether oxygens (including phenoxy) is 1. The lowest BCUT2D eigenvalue weighted by atomic mass is 10.0. The summed E-state index contributed by atoms with van der Waals surface area (Å²) in [7, 11) is 0. The number of pyridine rings is 1. The van der Waals surface area contributed by atoms with E-state index < -0.39 is 0 Å². The molecule has 1 aromatic heterocycles. The molecule has 2 heterocycles. The van der Waals surface area contributed by atoms with Gasteiger partial charge in [-0.2, -0.15) is 0 Å². The van der Waals surface area contributed by atoms with Crippen LogP contribution < -0.4 is 21.1 Å². The fourth-order valence-corrected chi connectivity index (χ4v) is 4.28. The molecule has 31 heavy (non-hydrogen) atoms. The van der Waals surface area contributed by atoms with Crippen molar-refractivity contribution in [3.63, 3.8) is 0 Å². The van der Waals surface area contributed by atoms with Gasteiger partial charge in [-0.25, -0.2) is 9.98 Å². The minimum absolute atomic E-state index is 0.237. The topological polar surface area (TPSA) is 126 Å². The van der Waals surface area contributed by atoms with Gasteiger partial charge in [-0.15, -0.1) is 0 Å². The SMILES string of the molecule is N=Cc1c(-c2ccccc2SNC2CC2)cc(N2CCOCC2)nc1/N=C(N)\C=C/N. The number of hydrogen-bond acceptors (Lipinski definition) is 8. The number of aliphatic imine (C=N–C) groups is 1. The zero-order valence-corrected chi connectivity index (χ0v) is 18.1. The molecule has 0 unspecified atom stereocenters. The van der Waals surface area contributed by atoms with Crippen molar-refractivity contribution in [1.82, 2.24) is 9.71 Å². The van der Waals surface area contributed by atoms with Crippen molar-refractivity contribution in [3.05, 3.63) is 48.2 Å². The van der Waals surface area contributed by atoms with Crippen LogP contribution >= 0.6 is 11.9 Å². The van der Waals surface area contributed by atoms with E-state index in [1.165, 1.54) is 31.3 Å². The van der Waals surface area contributed by atoms with Crippen LogP contribution in [0.3, 0.4) is 0 Å². The summed E-state index contributed by atoms with van der Waals surface area (Å²) < 4.78 is 9.01. The van der Waals surface area contributed by atoms with Crippen LogP contribution in [-0.4, -0.2) is 49.4 Å². The highest BCUT2D eigenvalue weighted by molar-refractivity contribution is 7.97. The summed E-state index contributed by atoms with van der Waals surface area (Å²) in [5.74, 6) is 1.43. The molecule has 2 fully saturated rings. The average Bonchev–Trinajstić information content (AvgIpc) is 3.63. The molecule has 0 amide bonds. The predicted octanol–water partition coefficient (Wildman–Crippen LogP) is 2.80. The number of aromatic nitrogens is 1. The van der Waals surface area contributed by atoms with Crippen molar-refractivity contribution in [2.24, 2.45) is 16.5 Å². The van der Waals surface area contributed by atoms with E-state index in [4.69, 9.17) is 26.6 Å². The Morgan fingerprint density at radius 3 is 2.74 bits per heavy atom. The number of nitrogens with zero attached hydrogens (tertiary/aromatic N) is 3. The van der Waals surface area contributed by atoms with Gasteiger partial charge in [-0.05, 0) is 60.3 Å². The number of morpholine rings is 1. The van der Waals surface area contributed by atoms with Crippen LogP contribution in [0.25, 0.3) is 11.1 Å². The molecule has 4 rings (SSSR count). The van der Waals surface area contributed by atoms with E-state index in [9.17, 15) is 0 Å². The second-order valence-electron chi connectivity index (χ2n) is 7.40. The summed E-state index contributed by atoms with van der Waals surface area (Å²) in [6, 6.07) is 10.8. The van der Waals surface area contributed by atoms with Crippen molar-refractivity contribution in [1.29, 1.82) is 5.41 Å². The van der Waals surface area contributed by atoms with E-state index in [2.05, 4.69) is 26.7 Å². The fraction of sp³-hybridized carbons (Fsp3) is 0.318. The molecule has 0 bridgehead atoms. The van der Waals surface area contributed by atoms with Crippen molar-refractivity contribution in [2.75, 3.05) is 31.2 Å². The lowest BCUT2D eigenvalue weighted by Crippen LogP contribution is -2.36. The summed E-state index contributed by atoms with van der Waals surface area (Å²) in [5.41, 5.74) is 14.0. The lowest BCUT2D eigenvalue weighted by molar-refractivity contribution is 0.122. The number of anilines is 1. The molecule has 2 aromatic rings. The van der Waals surface area contributed by atoms with Crippen LogP contribution in [-0.2, 0) is 4.74 Å². The highest BCUT2D eigenvalue weighted by Gasteiger charge is 2.23. The Bertz CT molecular complexity index is 997. The Balaban J connectivity index is 1.83. The molecule has 1 aliphatic heterocycles. The van der Waals surface area contributed by atoms with Gasteiger partial charge in [0.25, 0.3) is 0 Å². The van der Waals surface area contributed by atoms with Crippen LogP contribution in [0.1, 0.15) is 18.4 Å². The van der Waals surface area contributed by atoms with Crippen molar-refractivity contribution in [3.8, 4) is 11.1 Å². The zero-order chi connectivity index (χ0) is 21.6. The number of nitrogens with one attached hydrogen (secondary N) is 2. The van der Waals surface area contributed by atoms with E-state index in [-0.39, 0.29) is 5.84 Å². The first-order valence-electron chi connectivity index (χ1n) is 10.3. The van der Waals surface area contributed by atoms with Crippen LogP contribution in [0.2, 0.25) is 0 Å². The number of amidine groups is 1. The van der Waals surface area contributed by atoms with E-state index in [0.717, 1.165) is 34.9 Å². The predicted molar refractivity (Wildman–Crippen MR) is 127 cm³/mol. The van der Waals surface area contributed by atoms with Gasteiger partial charge in [0.1, 0.15) is 11.7 Å². The Labute approximate surface area is 186 Å². The number of hydrogen-bond donors (Lipinski definition) is 4. The molecule has 0 atom stereocenters. The third kappa shape index (κ3) is 5.25. The summed E-state index contributed by atoms with van der Waals surface area (Å²) in [4.78, 5) is 12.5. The Morgan fingerprint density at radius 1 is 1.26 bits per heavy atom. The first-order chi connectivity index (χ1) is 15.2. The Hall–Kier alpha value is -2.88. The highest BCUT2D eigenvalue weighted by atomic mass is 32.2. The normalized spacial score (nSPS) is 17.3. The van der Waals surface area contributed by atoms with Crippen molar-refractivity contribution < 1.29 is 4.74 Å². The van der Waals surface area contributed by atoms with Gasteiger partial charge in [0.15, 0.2) is 5.82 Å². The quantitative estimate of drug-likeness (QED) is 0.284. The van der Waals surface area contributed by atoms with Crippen LogP contribution in [0.5, 0.6) is 0 Å². The molecule has 1 saturated carbocycles. The maximum atomic E-state index is 8.11. The first kappa shape index (κ1) is 21.4. The summed E-state index contributed by atoms with van der Waals surface area (Å²) in [5, 5.41) is 8.11. The molecule has 6 N–H and O–H groups in total. The molecule has 162 valence electrons. The molecule has 1 aromatic carbocycles. The number of nitrogens with two attached hydrogens (primary N) is 2. The Morgan fingerprint density at radius 2 is 2.03 bits per heavy atom. The minimum atomic E-state index is 0.237. The van der Waals surface area contributed by atoms with Crippen molar-refractivity contribution in [2.45, 2.75) is 23.8 Å². The number of benzene rings is 1. The Kier molecular flexibility index (Phi) is 6.86. The maximum Gasteiger partial charge on any atom is 0.165 e. The van der Waals surface area contributed by atoms with E-state index in [1.807, 2.05) is 18.2 Å². The smallest absolute Gasteiger partial charge is 0.165 e. The maximum absolute atomic E-state index is 8.11. The lowest BCUT2D eigenvalue weighted by Gasteiger charge is -2.29. The van der Waals surface area contributed by atoms with Gasteiger partial charge in [0.2, 0.25) is 0 Å². The minimum Gasteiger partial charge on any atom is -0.404 e. The fourth-order valence-electron chi connectivity index (χ4n) is 3.32. The molecule has 8 nitrogen and oxygen atoms in total. The average molecular weight is 438 g/mol. The van der Waals surface area contributed by atoms with Crippen LogP contribution in [0, 0.1) is 5.41 Å². The van der Waals surface area contributed by atoms with Gasteiger partial charge in [0.05, 0.1) is 13.2 Å². The molecule has 1 aliphatic carbocycles. The van der Waals surface area contributed by atoms with Gasteiger partial charge in [-0.1, -0.05) is 18.2 Å². The van der Waals surface area contributed by atoms with Crippen LogP contribution in [0.15, 0.2) is 52.5 Å². The molecule has 2 aliphatic rings. The molecule has 9 heteroatoms. The first-order valence-corrected chi connectivity index (χ1v) is 11.1. The summed E-state index contributed by atoms with van der Waals surface area (Å²) >= 11 is 1.63. The molecular weight excluding hydrogens is 410 g/mol. The van der Waals surface area contributed by atoms with Crippen molar-refractivity contribution >= 4 is 35.6 Å². The highest BCUT2D eigenvalue weighted by Crippen LogP contribution is 2.38. The second kappa shape index (κ2) is 9.95. The van der Waals surface area contributed by atoms with Gasteiger partial charge < -0.3 is 26.5 Å². The standard InChI is InChI=1S/C22H27N7OS/c23-8-7-20(25)26-22-18(14-24)17(13-21(27-22)29-9-11-30-12-10-29)16-3-1-2-4-19(16)31-28-15-5-6-15/h1-4,7-8,13-15,24,28H,5-6,9-12,23H2,(H2,25,26,27)/b8-7-,24-14?. The number of rotatable bonds is 8. The molecule has 1 saturated heterocycles. The molecule has 0 radical (unpaired) electrons. The van der Waals surface area contributed by atoms with E-state index in [0.29, 0.717) is 30.6 Å². The third-order valence-electron chi connectivity index (χ3n) is 5.10. The summed E-state index contributed by atoms with van der Waals surface area (Å²) in [6.45, 7) is 2.80. The summed E-state index contributed by atoms with van der Waals surface area (Å²) in [6.07, 6.45) is 6.57.